The highest BCUT2D eigenvalue weighted by atomic mass is 16.1. The summed E-state index contributed by atoms with van der Waals surface area (Å²) in [6.07, 6.45) is 2.31. The highest BCUT2D eigenvalue weighted by Gasteiger charge is 2.23. The van der Waals surface area contributed by atoms with Gasteiger partial charge in [-0.15, -0.1) is 0 Å². The lowest BCUT2D eigenvalue weighted by molar-refractivity contribution is -0.124. The fourth-order valence-electron chi connectivity index (χ4n) is 1.84. The van der Waals surface area contributed by atoms with E-state index in [0.29, 0.717) is 6.04 Å². The minimum Gasteiger partial charge on any atom is -0.352 e. The first-order valence-electron chi connectivity index (χ1n) is 5.66. The lowest BCUT2D eigenvalue weighted by Gasteiger charge is -2.16. The second-order valence-electron chi connectivity index (χ2n) is 4.45. The molecule has 0 spiro atoms. The maximum Gasteiger partial charge on any atom is 0.222 e. The average molecular weight is 198 g/mol. The molecule has 82 valence electrons. The van der Waals surface area contributed by atoms with Crippen LogP contribution in [0.4, 0.5) is 0 Å². The summed E-state index contributed by atoms with van der Waals surface area (Å²) in [7, 11) is 0. The van der Waals surface area contributed by atoms with Crippen LogP contribution in [0, 0.1) is 5.92 Å². The standard InChI is InChI=1S/C11H22N2O/c1-4-6-13-7-5-10(8-13)12-11(14)9(2)3/h9-10H,4-8H2,1-3H3,(H,12,14). The smallest absolute Gasteiger partial charge is 0.222 e. The molecule has 14 heavy (non-hydrogen) atoms. The summed E-state index contributed by atoms with van der Waals surface area (Å²) >= 11 is 0. The molecule has 0 aromatic carbocycles. The third-order valence-electron chi connectivity index (χ3n) is 2.68. The van der Waals surface area contributed by atoms with E-state index in [0.717, 1.165) is 26.1 Å². The molecular formula is C11H22N2O. The Morgan fingerprint density at radius 1 is 1.57 bits per heavy atom. The van der Waals surface area contributed by atoms with Gasteiger partial charge in [-0.25, -0.2) is 0 Å². The van der Waals surface area contributed by atoms with Crippen LogP contribution in [0.15, 0.2) is 0 Å². The Hall–Kier alpha value is -0.570. The maximum atomic E-state index is 11.4. The van der Waals surface area contributed by atoms with E-state index >= 15 is 0 Å². The molecule has 1 saturated heterocycles. The summed E-state index contributed by atoms with van der Waals surface area (Å²) in [6, 6.07) is 0.386. The molecule has 0 saturated carbocycles. The number of amides is 1. The van der Waals surface area contributed by atoms with Crippen molar-refractivity contribution in [1.82, 2.24) is 10.2 Å². The Morgan fingerprint density at radius 2 is 2.29 bits per heavy atom. The maximum absolute atomic E-state index is 11.4. The molecule has 0 aliphatic carbocycles. The van der Waals surface area contributed by atoms with E-state index in [-0.39, 0.29) is 11.8 Å². The fourth-order valence-corrected chi connectivity index (χ4v) is 1.84. The molecule has 1 rings (SSSR count). The van der Waals surface area contributed by atoms with Gasteiger partial charge in [-0.2, -0.15) is 0 Å². The zero-order valence-electron chi connectivity index (χ0n) is 9.55. The van der Waals surface area contributed by atoms with E-state index in [2.05, 4.69) is 17.1 Å². The Kier molecular flexibility index (Phi) is 4.39. The van der Waals surface area contributed by atoms with Crippen LogP contribution in [-0.2, 0) is 4.79 Å². The molecule has 0 aromatic rings. The van der Waals surface area contributed by atoms with Crippen molar-refractivity contribution in [3.8, 4) is 0 Å². The lowest BCUT2D eigenvalue weighted by atomic mass is 10.2. The lowest BCUT2D eigenvalue weighted by Crippen LogP contribution is -2.39. The predicted octanol–water partition coefficient (Wildman–Crippen LogP) is 1.24. The van der Waals surface area contributed by atoms with Gasteiger partial charge in [0.15, 0.2) is 0 Å². The first-order valence-corrected chi connectivity index (χ1v) is 5.66. The van der Waals surface area contributed by atoms with Crippen LogP contribution in [0.3, 0.4) is 0 Å². The SMILES string of the molecule is CCCN1CCC(NC(=O)C(C)C)C1. The molecule has 1 aliphatic rings. The summed E-state index contributed by atoms with van der Waals surface area (Å²) < 4.78 is 0. The van der Waals surface area contributed by atoms with Crippen LogP contribution in [0.25, 0.3) is 0 Å². The number of nitrogens with zero attached hydrogens (tertiary/aromatic N) is 1. The monoisotopic (exact) mass is 198 g/mol. The van der Waals surface area contributed by atoms with Crippen molar-refractivity contribution in [2.24, 2.45) is 5.92 Å². The van der Waals surface area contributed by atoms with E-state index < -0.39 is 0 Å². The van der Waals surface area contributed by atoms with Gasteiger partial charge in [-0.3, -0.25) is 4.79 Å². The minimum atomic E-state index is 0.107. The van der Waals surface area contributed by atoms with Gasteiger partial charge in [0.1, 0.15) is 0 Å². The summed E-state index contributed by atoms with van der Waals surface area (Å²) in [5, 5.41) is 3.09. The molecule has 1 unspecified atom stereocenters. The van der Waals surface area contributed by atoms with Crippen LogP contribution in [0.2, 0.25) is 0 Å². The number of likely N-dealkylation sites (tertiary alicyclic amines) is 1. The van der Waals surface area contributed by atoms with Crippen molar-refractivity contribution in [2.45, 2.75) is 39.7 Å². The Bertz CT molecular complexity index is 192. The Balaban J connectivity index is 2.25. The van der Waals surface area contributed by atoms with E-state index in [9.17, 15) is 4.79 Å². The number of rotatable bonds is 4. The molecule has 0 aromatic heterocycles. The fraction of sp³-hybridized carbons (Fsp3) is 0.909. The molecular weight excluding hydrogens is 176 g/mol. The van der Waals surface area contributed by atoms with E-state index in [1.807, 2.05) is 13.8 Å². The van der Waals surface area contributed by atoms with E-state index in [1.165, 1.54) is 6.42 Å². The molecule has 3 heteroatoms. The molecule has 1 atom stereocenters. The highest BCUT2D eigenvalue weighted by molar-refractivity contribution is 5.78. The molecule has 1 heterocycles. The topological polar surface area (TPSA) is 32.3 Å². The van der Waals surface area contributed by atoms with Crippen molar-refractivity contribution in [1.29, 1.82) is 0 Å². The quantitative estimate of drug-likeness (QED) is 0.737. The molecule has 1 aliphatic heterocycles. The number of hydrogen-bond acceptors (Lipinski definition) is 2. The van der Waals surface area contributed by atoms with Crippen LogP contribution >= 0.6 is 0 Å². The third kappa shape index (κ3) is 3.29. The molecule has 0 radical (unpaired) electrons. The van der Waals surface area contributed by atoms with Gasteiger partial charge in [0.25, 0.3) is 0 Å². The zero-order chi connectivity index (χ0) is 10.6. The van der Waals surface area contributed by atoms with Gasteiger partial charge in [-0.1, -0.05) is 20.8 Å². The second-order valence-corrected chi connectivity index (χ2v) is 4.45. The number of carbonyl (C=O) groups is 1. The number of carbonyl (C=O) groups excluding carboxylic acids is 1. The summed E-state index contributed by atoms with van der Waals surface area (Å²) in [5.74, 6) is 0.295. The third-order valence-corrected chi connectivity index (χ3v) is 2.68. The first-order chi connectivity index (χ1) is 6.63. The average Bonchev–Trinajstić information content (AvgIpc) is 2.53. The summed E-state index contributed by atoms with van der Waals surface area (Å²) in [5.41, 5.74) is 0. The van der Waals surface area contributed by atoms with Crippen molar-refractivity contribution in [3.05, 3.63) is 0 Å². The van der Waals surface area contributed by atoms with Gasteiger partial charge in [-0.05, 0) is 19.4 Å². The van der Waals surface area contributed by atoms with Gasteiger partial charge < -0.3 is 10.2 Å². The summed E-state index contributed by atoms with van der Waals surface area (Å²) in [4.78, 5) is 13.9. The molecule has 3 nitrogen and oxygen atoms in total. The number of hydrogen-bond donors (Lipinski definition) is 1. The molecule has 1 fully saturated rings. The normalized spacial score (nSPS) is 23.0. The molecule has 0 bridgehead atoms. The van der Waals surface area contributed by atoms with Gasteiger partial charge in [0, 0.05) is 25.0 Å². The molecule has 1 N–H and O–H groups in total. The van der Waals surface area contributed by atoms with E-state index in [4.69, 9.17) is 0 Å². The van der Waals surface area contributed by atoms with Crippen LogP contribution in [0.1, 0.15) is 33.6 Å². The minimum absolute atomic E-state index is 0.107. The van der Waals surface area contributed by atoms with Gasteiger partial charge in [0.2, 0.25) is 5.91 Å². The molecule has 1 amide bonds. The van der Waals surface area contributed by atoms with Crippen molar-refractivity contribution < 1.29 is 4.79 Å². The largest absolute Gasteiger partial charge is 0.352 e. The zero-order valence-corrected chi connectivity index (χ0v) is 9.55. The highest BCUT2D eigenvalue weighted by Crippen LogP contribution is 2.09. The Labute approximate surface area is 86.9 Å². The first kappa shape index (κ1) is 11.5. The Morgan fingerprint density at radius 3 is 2.86 bits per heavy atom. The summed E-state index contributed by atoms with van der Waals surface area (Å²) in [6.45, 7) is 9.40. The van der Waals surface area contributed by atoms with Crippen molar-refractivity contribution in [3.63, 3.8) is 0 Å². The van der Waals surface area contributed by atoms with Crippen molar-refractivity contribution in [2.75, 3.05) is 19.6 Å². The number of nitrogens with one attached hydrogen (secondary N) is 1. The second kappa shape index (κ2) is 5.35. The predicted molar refractivity (Wildman–Crippen MR) is 58.1 cm³/mol. The van der Waals surface area contributed by atoms with Gasteiger partial charge in [0.05, 0.1) is 0 Å². The van der Waals surface area contributed by atoms with Crippen molar-refractivity contribution >= 4 is 5.91 Å². The van der Waals surface area contributed by atoms with Crippen LogP contribution in [-0.4, -0.2) is 36.5 Å². The van der Waals surface area contributed by atoms with Gasteiger partial charge >= 0.3 is 0 Å². The van der Waals surface area contributed by atoms with Crippen LogP contribution < -0.4 is 5.32 Å². The van der Waals surface area contributed by atoms with Crippen LogP contribution in [0.5, 0.6) is 0 Å². The van der Waals surface area contributed by atoms with E-state index in [1.54, 1.807) is 0 Å².